The minimum absolute atomic E-state index is 0.0725. The molecule has 0 spiro atoms. The van der Waals surface area contributed by atoms with Gasteiger partial charge in [-0.15, -0.1) is 0 Å². The summed E-state index contributed by atoms with van der Waals surface area (Å²) in [6.45, 7) is 4.33. The van der Waals surface area contributed by atoms with Gasteiger partial charge in [-0.2, -0.15) is 0 Å². The molecule has 2 rings (SSSR count). The Bertz CT molecular complexity index is 331. The molecule has 1 fully saturated rings. The third kappa shape index (κ3) is 3.45. The molecule has 1 aromatic carbocycles. The van der Waals surface area contributed by atoms with Gasteiger partial charge in [-0.25, -0.2) is 0 Å². The Morgan fingerprint density at radius 1 is 1.41 bits per heavy atom. The fourth-order valence-corrected chi connectivity index (χ4v) is 2.04. The molecule has 0 radical (unpaired) electrons. The Hall–Kier alpha value is -1.06. The number of hydrogen-bond acceptors (Lipinski definition) is 3. The van der Waals surface area contributed by atoms with Gasteiger partial charge in [0.25, 0.3) is 0 Å². The summed E-state index contributed by atoms with van der Waals surface area (Å²) in [6, 6.07) is 8.29. The second kappa shape index (κ2) is 6.03. The van der Waals surface area contributed by atoms with Gasteiger partial charge >= 0.3 is 0 Å². The van der Waals surface area contributed by atoms with E-state index in [2.05, 4.69) is 19.1 Å². The van der Waals surface area contributed by atoms with E-state index < -0.39 is 0 Å². The molecular formula is C14H21NO2. The van der Waals surface area contributed by atoms with Crippen molar-refractivity contribution in [2.24, 2.45) is 11.7 Å². The first-order valence-electron chi connectivity index (χ1n) is 6.34. The topological polar surface area (TPSA) is 44.5 Å². The van der Waals surface area contributed by atoms with Crippen LogP contribution >= 0.6 is 0 Å². The Morgan fingerprint density at radius 3 is 2.76 bits per heavy atom. The summed E-state index contributed by atoms with van der Waals surface area (Å²) in [4.78, 5) is 0. The van der Waals surface area contributed by atoms with Crippen LogP contribution in [0.4, 0.5) is 0 Å². The van der Waals surface area contributed by atoms with Crippen molar-refractivity contribution in [2.75, 3.05) is 19.8 Å². The van der Waals surface area contributed by atoms with Crippen LogP contribution < -0.4 is 10.5 Å². The lowest BCUT2D eigenvalue weighted by atomic mass is 10.0. The van der Waals surface area contributed by atoms with Crippen LogP contribution in [-0.4, -0.2) is 25.9 Å². The summed E-state index contributed by atoms with van der Waals surface area (Å²) in [5.41, 5.74) is 7.40. The van der Waals surface area contributed by atoms with Crippen LogP contribution in [0.15, 0.2) is 24.3 Å². The van der Waals surface area contributed by atoms with Crippen molar-refractivity contribution < 1.29 is 9.47 Å². The zero-order valence-corrected chi connectivity index (χ0v) is 10.4. The van der Waals surface area contributed by atoms with Crippen molar-refractivity contribution in [1.29, 1.82) is 0 Å². The summed E-state index contributed by atoms with van der Waals surface area (Å²) in [6.07, 6.45) is 2.11. The molecule has 0 saturated carbocycles. The van der Waals surface area contributed by atoms with E-state index in [-0.39, 0.29) is 6.04 Å². The lowest BCUT2D eigenvalue weighted by Crippen LogP contribution is -2.36. The van der Waals surface area contributed by atoms with Gasteiger partial charge in [0.05, 0.1) is 6.61 Å². The van der Waals surface area contributed by atoms with Crippen LogP contribution in [0.25, 0.3) is 0 Å². The number of nitrogens with two attached hydrogens (primary N) is 1. The van der Waals surface area contributed by atoms with Crippen LogP contribution in [0, 0.1) is 5.92 Å². The molecule has 1 saturated heterocycles. The van der Waals surface area contributed by atoms with Crippen molar-refractivity contribution in [3.05, 3.63) is 29.8 Å². The van der Waals surface area contributed by atoms with E-state index in [0.29, 0.717) is 12.5 Å². The van der Waals surface area contributed by atoms with E-state index in [1.807, 2.05) is 12.1 Å². The molecule has 1 aromatic rings. The highest BCUT2D eigenvalue weighted by molar-refractivity contribution is 5.27. The van der Waals surface area contributed by atoms with E-state index >= 15 is 0 Å². The second-order valence-corrected chi connectivity index (χ2v) is 4.60. The van der Waals surface area contributed by atoms with Gasteiger partial charge in [-0.1, -0.05) is 19.1 Å². The maximum absolute atomic E-state index is 6.08. The Kier molecular flexibility index (Phi) is 4.40. The molecule has 2 atom stereocenters. The molecule has 17 heavy (non-hydrogen) atoms. The number of ether oxygens (including phenoxy) is 2. The number of hydrogen-bond donors (Lipinski definition) is 1. The smallest absolute Gasteiger partial charge is 0.119 e. The lowest BCUT2D eigenvalue weighted by Gasteiger charge is -2.18. The number of aryl methyl sites for hydroxylation is 1. The summed E-state index contributed by atoms with van der Waals surface area (Å²) in [5.74, 6) is 1.35. The van der Waals surface area contributed by atoms with Crippen LogP contribution in [0.3, 0.4) is 0 Å². The van der Waals surface area contributed by atoms with Gasteiger partial charge in [-0.3, -0.25) is 0 Å². The van der Waals surface area contributed by atoms with Crippen LogP contribution in [0.2, 0.25) is 0 Å². The maximum atomic E-state index is 6.08. The molecular weight excluding hydrogens is 214 g/mol. The fraction of sp³-hybridized carbons (Fsp3) is 0.571. The minimum Gasteiger partial charge on any atom is -0.492 e. The normalized spacial score (nSPS) is 21.4. The first-order chi connectivity index (χ1) is 8.29. The molecule has 94 valence electrons. The quantitative estimate of drug-likeness (QED) is 0.849. The zero-order valence-electron chi connectivity index (χ0n) is 10.4. The molecule has 0 amide bonds. The Balaban J connectivity index is 1.80. The van der Waals surface area contributed by atoms with Gasteiger partial charge in [-0.05, 0) is 30.5 Å². The maximum Gasteiger partial charge on any atom is 0.119 e. The second-order valence-electron chi connectivity index (χ2n) is 4.60. The Morgan fingerprint density at radius 2 is 2.18 bits per heavy atom. The third-order valence-corrected chi connectivity index (χ3v) is 3.34. The van der Waals surface area contributed by atoms with Crippen molar-refractivity contribution in [2.45, 2.75) is 25.8 Å². The predicted molar refractivity (Wildman–Crippen MR) is 68.2 cm³/mol. The fourth-order valence-electron chi connectivity index (χ4n) is 2.04. The third-order valence-electron chi connectivity index (χ3n) is 3.34. The van der Waals surface area contributed by atoms with Crippen LogP contribution in [0.1, 0.15) is 18.9 Å². The summed E-state index contributed by atoms with van der Waals surface area (Å²) < 4.78 is 11.0. The zero-order chi connectivity index (χ0) is 12.1. The van der Waals surface area contributed by atoms with Crippen molar-refractivity contribution in [3.63, 3.8) is 0 Å². The van der Waals surface area contributed by atoms with Gasteiger partial charge in [0.1, 0.15) is 12.4 Å². The molecule has 3 heteroatoms. The lowest BCUT2D eigenvalue weighted by molar-refractivity contribution is 0.170. The van der Waals surface area contributed by atoms with Crippen LogP contribution in [-0.2, 0) is 11.2 Å². The van der Waals surface area contributed by atoms with Crippen molar-refractivity contribution >= 4 is 0 Å². The van der Waals surface area contributed by atoms with Gasteiger partial charge in [0, 0.05) is 18.6 Å². The average molecular weight is 235 g/mol. The van der Waals surface area contributed by atoms with E-state index in [1.165, 1.54) is 5.56 Å². The molecule has 0 bridgehead atoms. The SMILES string of the molecule is CCc1ccc(OCC(N)C2CCOC2)cc1. The van der Waals surface area contributed by atoms with Crippen molar-refractivity contribution in [1.82, 2.24) is 0 Å². The summed E-state index contributed by atoms with van der Waals surface area (Å²) in [5, 5.41) is 0. The molecule has 2 N–H and O–H groups in total. The van der Waals surface area contributed by atoms with E-state index in [9.17, 15) is 0 Å². The number of rotatable bonds is 5. The average Bonchev–Trinajstić information content (AvgIpc) is 2.90. The molecule has 3 nitrogen and oxygen atoms in total. The largest absolute Gasteiger partial charge is 0.492 e. The molecule has 1 aliphatic heterocycles. The molecule has 0 aromatic heterocycles. The molecule has 0 aliphatic carbocycles. The van der Waals surface area contributed by atoms with Gasteiger partial charge in [0.2, 0.25) is 0 Å². The standard InChI is InChI=1S/C14H21NO2/c1-2-11-3-5-13(6-4-11)17-10-14(15)12-7-8-16-9-12/h3-6,12,14H,2,7-10,15H2,1H3. The van der Waals surface area contributed by atoms with E-state index in [4.69, 9.17) is 15.2 Å². The summed E-state index contributed by atoms with van der Waals surface area (Å²) >= 11 is 0. The van der Waals surface area contributed by atoms with E-state index in [1.54, 1.807) is 0 Å². The highest BCUT2D eigenvalue weighted by Crippen LogP contribution is 2.17. The predicted octanol–water partition coefficient (Wildman–Crippen LogP) is 1.99. The Labute approximate surface area is 103 Å². The van der Waals surface area contributed by atoms with Gasteiger partial charge < -0.3 is 15.2 Å². The monoisotopic (exact) mass is 235 g/mol. The van der Waals surface area contributed by atoms with Gasteiger partial charge in [0.15, 0.2) is 0 Å². The highest BCUT2D eigenvalue weighted by atomic mass is 16.5. The van der Waals surface area contributed by atoms with Crippen molar-refractivity contribution in [3.8, 4) is 5.75 Å². The molecule has 1 heterocycles. The first kappa shape index (κ1) is 12.4. The minimum atomic E-state index is 0.0725. The highest BCUT2D eigenvalue weighted by Gasteiger charge is 2.23. The first-order valence-corrected chi connectivity index (χ1v) is 6.34. The molecule has 2 unspecified atom stereocenters. The number of benzene rings is 1. The van der Waals surface area contributed by atoms with Crippen LogP contribution in [0.5, 0.6) is 5.75 Å². The molecule has 1 aliphatic rings. The summed E-state index contributed by atoms with van der Waals surface area (Å²) in [7, 11) is 0. The van der Waals surface area contributed by atoms with E-state index in [0.717, 1.165) is 31.8 Å².